The molecule has 0 aromatic heterocycles. The lowest BCUT2D eigenvalue weighted by atomic mass is 10.1. The van der Waals surface area contributed by atoms with Gasteiger partial charge in [-0.2, -0.15) is 0 Å². The van der Waals surface area contributed by atoms with Gasteiger partial charge in [-0.05, 0) is 68.4 Å². The van der Waals surface area contributed by atoms with Crippen molar-refractivity contribution in [2.75, 3.05) is 25.1 Å². The number of para-hydroxylation sites is 1. The molecule has 0 aliphatic heterocycles. The fourth-order valence-corrected chi connectivity index (χ4v) is 2.73. The average molecular weight is 372 g/mol. The Labute approximate surface area is 159 Å². The number of carbonyl (C=O) groups is 1. The van der Waals surface area contributed by atoms with Crippen LogP contribution in [-0.4, -0.2) is 30.8 Å². The standard InChI is InChI=1S/C20H24N2O3S/c1-4-24-9-10-25-18-8-6-5-7-17(18)19(23)22-20(26)21-16-12-14(2)11-15(3)13-16/h5-8,11-13H,4,9-10H2,1-3H3,(H2,21,22,23,26). The molecule has 0 aliphatic rings. The summed E-state index contributed by atoms with van der Waals surface area (Å²) in [6.07, 6.45) is 0. The van der Waals surface area contributed by atoms with Gasteiger partial charge >= 0.3 is 0 Å². The second-order valence-corrected chi connectivity index (χ2v) is 6.23. The van der Waals surface area contributed by atoms with Crippen molar-refractivity contribution < 1.29 is 14.3 Å². The molecule has 0 fully saturated rings. The fraction of sp³-hybridized carbons (Fsp3) is 0.300. The lowest BCUT2D eigenvalue weighted by Crippen LogP contribution is -2.34. The van der Waals surface area contributed by atoms with E-state index in [0.717, 1.165) is 16.8 Å². The van der Waals surface area contributed by atoms with Crippen molar-refractivity contribution in [2.45, 2.75) is 20.8 Å². The molecule has 0 saturated carbocycles. The summed E-state index contributed by atoms with van der Waals surface area (Å²) < 4.78 is 10.9. The molecule has 0 radical (unpaired) electrons. The number of benzene rings is 2. The number of nitrogens with one attached hydrogen (secondary N) is 2. The number of thiocarbonyl (C=S) groups is 1. The van der Waals surface area contributed by atoms with Crippen molar-refractivity contribution in [3.05, 3.63) is 59.2 Å². The first-order valence-electron chi connectivity index (χ1n) is 8.49. The van der Waals surface area contributed by atoms with Gasteiger partial charge in [-0.15, -0.1) is 0 Å². The molecular weight excluding hydrogens is 348 g/mol. The second-order valence-electron chi connectivity index (χ2n) is 5.83. The number of carbonyl (C=O) groups excluding carboxylic acids is 1. The first-order valence-corrected chi connectivity index (χ1v) is 8.90. The SMILES string of the molecule is CCOCCOc1ccccc1C(=O)NC(=S)Nc1cc(C)cc(C)c1. The Bertz CT molecular complexity index is 757. The van der Waals surface area contributed by atoms with Crippen molar-refractivity contribution in [1.82, 2.24) is 5.32 Å². The molecule has 1 amide bonds. The number of ether oxygens (including phenoxy) is 2. The number of hydrogen-bond donors (Lipinski definition) is 2. The quantitative estimate of drug-likeness (QED) is 0.571. The highest BCUT2D eigenvalue weighted by Crippen LogP contribution is 2.18. The molecule has 6 heteroatoms. The van der Waals surface area contributed by atoms with E-state index in [1.807, 2.05) is 39.0 Å². The number of anilines is 1. The van der Waals surface area contributed by atoms with Crippen LogP contribution < -0.4 is 15.4 Å². The Hall–Kier alpha value is -2.44. The molecule has 0 saturated heterocycles. The van der Waals surface area contributed by atoms with Crippen LogP contribution in [0.3, 0.4) is 0 Å². The van der Waals surface area contributed by atoms with Crippen molar-refractivity contribution in [3.8, 4) is 5.75 Å². The first kappa shape index (κ1) is 19.9. The monoisotopic (exact) mass is 372 g/mol. The Morgan fingerprint density at radius 3 is 2.46 bits per heavy atom. The third-order valence-electron chi connectivity index (χ3n) is 3.53. The number of rotatable bonds is 7. The summed E-state index contributed by atoms with van der Waals surface area (Å²) in [6.45, 7) is 7.42. The van der Waals surface area contributed by atoms with Crippen molar-refractivity contribution in [1.29, 1.82) is 0 Å². The van der Waals surface area contributed by atoms with Gasteiger partial charge < -0.3 is 14.8 Å². The lowest BCUT2D eigenvalue weighted by molar-refractivity contribution is 0.0958. The third-order valence-corrected chi connectivity index (χ3v) is 3.73. The van der Waals surface area contributed by atoms with Crippen LogP contribution in [0.1, 0.15) is 28.4 Å². The van der Waals surface area contributed by atoms with Gasteiger partial charge in [0.15, 0.2) is 5.11 Å². The summed E-state index contributed by atoms with van der Waals surface area (Å²) in [6, 6.07) is 13.1. The zero-order chi connectivity index (χ0) is 18.9. The fourth-order valence-electron chi connectivity index (χ4n) is 2.51. The summed E-state index contributed by atoms with van der Waals surface area (Å²) in [5, 5.41) is 5.98. The van der Waals surface area contributed by atoms with Gasteiger partial charge in [0.2, 0.25) is 0 Å². The molecule has 2 aromatic rings. The van der Waals surface area contributed by atoms with E-state index in [2.05, 4.69) is 16.7 Å². The smallest absolute Gasteiger partial charge is 0.261 e. The first-order chi connectivity index (χ1) is 12.5. The highest BCUT2D eigenvalue weighted by Gasteiger charge is 2.13. The largest absolute Gasteiger partial charge is 0.490 e. The van der Waals surface area contributed by atoms with Gasteiger partial charge in [0, 0.05) is 12.3 Å². The third kappa shape index (κ3) is 6.13. The Morgan fingerprint density at radius 2 is 1.77 bits per heavy atom. The molecule has 0 unspecified atom stereocenters. The lowest BCUT2D eigenvalue weighted by Gasteiger charge is -2.13. The van der Waals surface area contributed by atoms with E-state index >= 15 is 0 Å². The van der Waals surface area contributed by atoms with Gasteiger partial charge in [0.1, 0.15) is 12.4 Å². The molecule has 0 heterocycles. The van der Waals surface area contributed by atoms with Crippen molar-refractivity contribution in [3.63, 3.8) is 0 Å². The van der Waals surface area contributed by atoms with Crippen LogP contribution in [0.4, 0.5) is 5.69 Å². The van der Waals surface area contributed by atoms with Crippen LogP contribution in [0.5, 0.6) is 5.75 Å². The van der Waals surface area contributed by atoms with Gasteiger partial charge in [0.05, 0.1) is 12.2 Å². The Morgan fingerprint density at radius 1 is 1.08 bits per heavy atom. The van der Waals surface area contributed by atoms with Gasteiger partial charge in [-0.25, -0.2) is 0 Å². The van der Waals surface area contributed by atoms with E-state index in [4.69, 9.17) is 21.7 Å². The molecule has 2 aromatic carbocycles. The minimum atomic E-state index is -0.320. The van der Waals surface area contributed by atoms with Crippen LogP contribution in [0.25, 0.3) is 0 Å². The van der Waals surface area contributed by atoms with E-state index in [9.17, 15) is 4.79 Å². The highest BCUT2D eigenvalue weighted by atomic mass is 32.1. The molecule has 0 aliphatic carbocycles. The minimum absolute atomic E-state index is 0.240. The highest BCUT2D eigenvalue weighted by molar-refractivity contribution is 7.80. The molecule has 138 valence electrons. The predicted molar refractivity (Wildman–Crippen MR) is 108 cm³/mol. The Balaban J connectivity index is 1.99. The molecule has 26 heavy (non-hydrogen) atoms. The molecule has 2 rings (SSSR count). The van der Waals surface area contributed by atoms with Crippen LogP contribution >= 0.6 is 12.2 Å². The average Bonchev–Trinajstić information content (AvgIpc) is 2.58. The molecule has 0 atom stereocenters. The summed E-state index contributed by atoms with van der Waals surface area (Å²) in [4.78, 5) is 12.5. The van der Waals surface area contributed by atoms with Crippen molar-refractivity contribution in [2.24, 2.45) is 0 Å². The minimum Gasteiger partial charge on any atom is -0.490 e. The van der Waals surface area contributed by atoms with Crippen LogP contribution in [0.2, 0.25) is 0 Å². The topological polar surface area (TPSA) is 59.6 Å². The summed E-state index contributed by atoms with van der Waals surface area (Å²) in [5.74, 6) is 0.179. The van der Waals surface area contributed by atoms with Gasteiger partial charge in [-0.1, -0.05) is 18.2 Å². The van der Waals surface area contributed by atoms with Crippen molar-refractivity contribution >= 4 is 28.9 Å². The predicted octanol–water partition coefficient (Wildman–Crippen LogP) is 3.85. The van der Waals surface area contributed by atoms with E-state index in [0.29, 0.717) is 31.1 Å². The van der Waals surface area contributed by atoms with Crippen LogP contribution in [-0.2, 0) is 4.74 Å². The molecule has 0 spiro atoms. The summed E-state index contributed by atoms with van der Waals surface area (Å²) in [5.41, 5.74) is 3.51. The molecular formula is C20H24N2O3S. The van der Waals surface area contributed by atoms with Crippen LogP contribution in [0, 0.1) is 13.8 Å². The Kier molecular flexibility index (Phi) is 7.56. The molecule has 2 N–H and O–H groups in total. The molecule has 5 nitrogen and oxygen atoms in total. The maximum atomic E-state index is 12.5. The second kappa shape index (κ2) is 9.89. The molecule has 0 bridgehead atoms. The summed E-state index contributed by atoms with van der Waals surface area (Å²) in [7, 11) is 0. The maximum absolute atomic E-state index is 12.5. The summed E-state index contributed by atoms with van der Waals surface area (Å²) >= 11 is 5.26. The van der Waals surface area contributed by atoms with Gasteiger partial charge in [-0.3, -0.25) is 10.1 Å². The number of amides is 1. The normalized spacial score (nSPS) is 10.3. The zero-order valence-corrected chi connectivity index (χ0v) is 16.1. The van der Waals surface area contributed by atoms with E-state index in [1.54, 1.807) is 18.2 Å². The zero-order valence-electron chi connectivity index (χ0n) is 15.3. The van der Waals surface area contributed by atoms with E-state index in [-0.39, 0.29) is 11.0 Å². The van der Waals surface area contributed by atoms with Gasteiger partial charge in [0.25, 0.3) is 5.91 Å². The van der Waals surface area contributed by atoms with E-state index < -0.39 is 0 Å². The maximum Gasteiger partial charge on any atom is 0.261 e. The van der Waals surface area contributed by atoms with Crippen LogP contribution in [0.15, 0.2) is 42.5 Å². The number of hydrogen-bond acceptors (Lipinski definition) is 4. The van der Waals surface area contributed by atoms with E-state index in [1.165, 1.54) is 0 Å². The number of aryl methyl sites for hydroxylation is 2.